The lowest BCUT2D eigenvalue weighted by Crippen LogP contribution is -2.46. The molecule has 1 N–H and O–H groups in total. The summed E-state index contributed by atoms with van der Waals surface area (Å²) < 4.78 is 0. The van der Waals surface area contributed by atoms with Crippen LogP contribution in [0.5, 0.6) is 0 Å². The maximum Gasteiger partial charge on any atom is 0.244 e. The molecule has 0 aromatic heterocycles. The van der Waals surface area contributed by atoms with Crippen molar-refractivity contribution in [2.24, 2.45) is 0 Å². The van der Waals surface area contributed by atoms with E-state index in [0.29, 0.717) is 13.0 Å². The fraction of sp³-hybridized carbons (Fsp3) is 0.526. The zero-order valence-corrected chi connectivity index (χ0v) is 14.8. The van der Waals surface area contributed by atoms with E-state index < -0.39 is 12.1 Å². The van der Waals surface area contributed by atoms with Crippen LogP contribution in [0.3, 0.4) is 0 Å². The van der Waals surface area contributed by atoms with Gasteiger partial charge in [-0.15, -0.1) is 0 Å². The molecule has 0 aliphatic carbocycles. The maximum absolute atomic E-state index is 12.5. The SMILES string of the molecule is CC(=O)N1CCC[C@H]1C(=O)NC(C#N)c1ccc(C(C)(C)C)cc1. The van der Waals surface area contributed by atoms with E-state index in [1.54, 1.807) is 4.90 Å². The largest absolute Gasteiger partial charge is 0.335 e. The summed E-state index contributed by atoms with van der Waals surface area (Å²) in [6.07, 6.45) is 1.46. The molecule has 1 fully saturated rings. The third-order valence-corrected chi connectivity index (χ3v) is 4.49. The number of nitrogens with zero attached hydrogens (tertiary/aromatic N) is 2. The molecule has 1 aliphatic heterocycles. The lowest BCUT2D eigenvalue weighted by atomic mass is 9.86. The van der Waals surface area contributed by atoms with Gasteiger partial charge in [-0.1, -0.05) is 45.0 Å². The van der Waals surface area contributed by atoms with Gasteiger partial charge in [0.1, 0.15) is 12.1 Å². The maximum atomic E-state index is 12.5. The van der Waals surface area contributed by atoms with Crippen LogP contribution in [-0.2, 0) is 15.0 Å². The third kappa shape index (κ3) is 3.94. The number of carbonyl (C=O) groups excluding carboxylic acids is 2. The quantitative estimate of drug-likeness (QED) is 0.927. The second-order valence-corrected chi connectivity index (χ2v) is 7.31. The second kappa shape index (κ2) is 7.04. The monoisotopic (exact) mass is 327 g/mol. The second-order valence-electron chi connectivity index (χ2n) is 7.31. The van der Waals surface area contributed by atoms with Crippen molar-refractivity contribution in [3.05, 3.63) is 35.4 Å². The highest BCUT2D eigenvalue weighted by Crippen LogP contribution is 2.24. The number of nitrogens with one attached hydrogen (secondary N) is 1. The number of rotatable bonds is 3. The van der Waals surface area contributed by atoms with Gasteiger partial charge in [-0.2, -0.15) is 5.26 Å². The van der Waals surface area contributed by atoms with E-state index in [1.807, 2.05) is 24.3 Å². The predicted octanol–water partition coefficient (Wildman–Crippen LogP) is 2.68. The highest BCUT2D eigenvalue weighted by Gasteiger charge is 2.33. The van der Waals surface area contributed by atoms with Crippen LogP contribution in [0.25, 0.3) is 0 Å². The molecule has 5 heteroatoms. The summed E-state index contributed by atoms with van der Waals surface area (Å²) in [6.45, 7) is 8.45. The minimum absolute atomic E-state index is 0.0375. The molecular formula is C19H25N3O2. The Kier molecular flexibility index (Phi) is 5.28. The number of carbonyl (C=O) groups is 2. The van der Waals surface area contributed by atoms with E-state index in [1.165, 1.54) is 12.5 Å². The van der Waals surface area contributed by atoms with E-state index >= 15 is 0 Å². The molecule has 2 rings (SSSR count). The summed E-state index contributed by atoms with van der Waals surface area (Å²) in [5.41, 5.74) is 1.97. The lowest BCUT2D eigenvalue weighted by molar-refractivity contribution is -0.137. The molecule has 2 amide bonds. The minimum atomic E-state index is -0.707. The summed E-state index contributed by atoms with van der Waals surface area (Å²) in [7, 11) is 0. The molecular weight excluding hydrogens is 302 g/mol. The summed E-state index contributed by atoms with van der Waals surface area (Å²) in [4.78, 5) is 25.6. The van der Waals surface area contributed by atoms with Gasteiger partial charge in [0.2, 0.25) is 11.8 Å². The molecule has 5 nitrogen and oxygen atoms in total. The molecule has 1 aliphatic rings. The van der Waals surface area contributed by atoms with Gasteiger partial charge in [0, 0.05) is 13.5 Å². The van der Waals surface area contributed by atoms with Gasteiger partial charge in [-0.05, 0) is 29.4 Å². The Bertz CT molecular complexity index is 653. The average Bonchev–Trinajstić information content (AvgIpc) is 3.01. The number of amides is 2. The first-order valence-electron chi connectivity index (χ1n) is 8.31. The topological polar surface area (TPSA) is 73.2 Å². The number of likely N-dealkylation sites (tertiary alicyclic amines) is 1. The highest BCUT2D eigenvalue weighted by molar-refractivity contribution is 5.87. The molecule has 1 heterocycles. The molecule has 1 saturated heterocycles. The van der Waals surface area contributed by atoms with Gasteiger partial charge in [0.25, 0.3) is 0 Å². The van der Waals surface area contributed by atoms with Gasteiger partial charge in [-0.3, -0.25) is 9.59 Å². The zero-order valence-electron chi connectivity index (χ0n) is 14.8. The first kappa shape index (κ1) is 18.0. The number of benzene rings is 1. The van der Waals surface area contributed by atoms with Gasteiger partial charge in [0.05, 0.1) is 6.07 Å². The highest BCUT2D eigenvalue weighted by atomic mass is 16.2. The molecule has 1 aromatic carbocycles. The van der Waals surface area contributed by atoms with Crippen LogP contribution in [-0.4, -0.2) is 29.3 Å². The van der Waals surface area contributed by atoms with Crippen molar-refractivity contribution in [2.75, 3.05) is 6.54 Å². The fourth-order valence-electron chi connectivity index (χ4n) is 3.02. The standard InChI is InChI=1S/C19H25N3O2/c1-13(23)22-11-5-6-17(22)18(24)21-16(12-20)14-7-9-15(10-8-14)19(2,3)4/h7-10,16-17H,5-6,11H2,1-4H3,(H,21,24)/t16?,17-/m0/s1. The Labute approximate surface area is 143 Å². The van der Waals surface area contributed by atoms with Gasteiger partial charge < -0.3 is 10.2 Å². The van der Waals surface area contributed by atoms with Crippen molar-refractivity contribution >= 4 is 11.8 Å². The Morgan fingerprint density at radius 2 is 1.92 bits per heavy atom. The van der Waals surface area contributed by atoms with Gasteiger partial charge in [0.15, 0.2) is 0 Å². The molecule has 0 spiro atoms. The Morgan fingerprint density at radius 3 is 2.42 bits per heavy atom. The molecule has 1 aromatic rings. The van der Waals surface area contributed by atoms with E-state index in [0.717, 1.165) is 12.0 Å². The Hall–Kier alpha value is -2.35. The zero-order chi connectivity index (χ0) is 17.9. The van der Waals surface area contributed by atoms with Crippen molar-refractivity contribution in [1.82, 2.24) is 10.2 Å². The van der Waals surface area contributed by atoms with E-state index in [-0.39, 0.29) is 17.2 Å². The Morgan fingerprint density at radius 1 is 1.29 bits per heavy atom. The van der Waals surface area contributed by atoms with Crippen LogP contribution in [0.4, 0.5) is 0 Å². The van der Waals surface area contributed by atoms with Crippen LogP contribution >= 0.6 is 0 Å². The smallest absolute Gasteiger partial charge is 0.244 e. The van der Waals surface area contributed by atoms with Gasteiger partial charge >= 0.3 is 0 Å². The summed E-state index contributed by atoms with van der Waals surface area (Å²) in [6, 6.07) is 8.71. The van der Waals surface area contributed by atoms with E-state index in [9.17, 15) is 14.9 Å². The number of nitriles is 1. The van der Waals surface area contributed by atoms with Crippen molar-refractivity contribution in [3.8, 4) is 6.07 Å². The fourth-order valence-corrected chi connectivity index (χ4v) is 3.02. The van der Waals surface area contributed by atoms with Crippen LogP contribution in [0.15, 0.2) is 24.3 Å². The minimum Gasteiger partial charge on any atom is -0.335 e. The van der Waals surface area contributed by atoms with Crippen molar-refractivity contribution in [2.45, 2.75) is 58.0 Å². The molecule has 0 saturated carbocycles. The van der Waals surface area contributed by atoms with Crippen LogP contribution in [0, 0.1) is 11.3 Å². The number of hydrogen-bond donors (Lipinski definition) is 1. The number of hydrogen-bond acceptors (Lipinski definition) is 3. The summed E-state index contributed by atoms with van der Waals surface area (Å²) >= 11 is 0. The van der Waals surface area contributed by atoms with Crippen molar-refractivity contribution in [3.63, 3.8) is 0 Å². The normalized spacial score (nSPS) is 18.8. The lowest BCUT2D eigenvalue weighted by Gasteiger charge is -2.24. The molecule has 2 atom stereocenters. The van der Waals surface area contributed by atoms with Crippen molar-refractivity contribution < 1.29 is 9.59 Å². The molecule has 1 unspecified atom stereocenters. The van der Waals surface area contributed by atoms with Crippen molar-refractivity contribution in [1.29, 1.82) is 5.26 Å². The van der Waals surface area contributed by atoms with Gasteiger partial charge in [-0.25, -0.2) is 0 Å². The molecule has 24 heavy (non-hydrogen) atoms. The molecule has 0 radical (unpaired) electrons. The Balaban J connectivity index is 2.11. The van der Waals surface area contributed by atoms with E-state index in [4.69, 9.17) is 0 Å². The summed E-state index contributed by atoms with van der Waals surface area (Å²) in [5, 5.41) is 12.2. The summed E-state index contributed by atoms with van der Waals surface area (Å²) in [5.74, 6) is -0.357. The average molecular weight is 327 g/mol. The van der Waals surface area contributed by atoms with Crippen LogP contribution < -0.4 is 5.32 Å². The van der Waals surface area contributed by atoms with Crippen LogP contribution in [0.2, 0.25) is 0 Å². The molecule has 0 bridgehead atoms. The van der Waals surface area contributed by atoms with Crippen LogP contribution in [0.1, 0.15) is 57.7 Å². The predicted molar refractivity (Wildman–Crippen MR) is 92.0 cm³/mol. The molecule has 128 valence electrons. The third-order valence-electron chi connectivity index (χ3n) is 4.49. The van der Waals surface area contributed by atoms with E-state index in [2.05, 4.69) is 32.2 Å². The first-order valence-corrected chi connectivity index (χ1v) is 8.31. The first-order chi connectivity index (χ1) is 11.2.